The Hall–Kier alpha value is -2.73. The summed E-state index contributed by atoms with van der Waals surface area (Å²) in [5.74, 6) is 0.128. The summed E-state index contributed by atoms with van der Waals surface area (Å²) in [6, 6.07) is 12.4. The fourth-order valence-electron chi connectivity index (χ4n) is 2.00. The zero-order chi connectivity index (χ0) is 17.7. The van der Waals surface area contributed by atoms with E-state index in [1.807, 2.05) is 6.07 Å². The summed E-state index contributed by atoms with van der Waals surface area (Å²) >= 11 is 2.09. The minimum Gasteiger partial charge on any atom is -0.496 e. The number of nitriles is 1. The smallest absolute Gasteiger partial charge is 0.270 e. The van der Waals surface area contributed by atoms with Crippen LogP contribution in [-0.4, -0.2) is 17.8 Å². The predicted molar refractivity (Wildman–Crippen MR) is 96.7 cm³/mol. The van der Waals surface area contributed by atoms with Crippen molar-refractivity contribution in [2.24, 2.45) is 0 Å². The van der Waals surface area contributed by atoms with E-state index in [4.69, 9.17) is 4.74 Å². The standard InChI is InChI=1S/C17H11IN2O4/c1-24-16-6-5-11(8-15(16)18)7-13(10-19)17(21)12-3-2-4-14(9-12)20(22)23/h2-9H,1H3/b13-7+. The van der Waals surface area contributed by atoms with Gasteiger partial charge in [0.05, 0.1) is 15.6 Å². The van der Waals surface area contributed by atoms with Gasteiger partial charge in [-0.1, -0.05) is 18.2 Å². The summed E-state index contributed by atoms with van der Waals surface area (Å²) in [6.07, 6.45) is 1.45. The third kappa shape index (κ3) is 3.97. The van der Waals surface area contributed by atoms with Crippen molar-refractivity contribution >= 4 is 40.1 Å². The quantitative estimate of drug-likeness (QED) is 0.177. The topological polar surface area (TPSA) is 93.2 Å². The lowest BCUT2D eigenvalue weighted by Crippen LogP contribution is -2.03. The molecule has 0 spiro atoms. The van der Waals surface area contributed by atoms with Crippen LogP contribution in [0.25, 0.3) is 6.08 Å². The Morgan fingerprint density at radius 3 is 2.67 bits per heavy atom. The van der Waals surface area contributed by atoms with Crippen LogP contribution in [0.5, 0.6) is 5.75 Å². The molecule has 0 heterocycles. The van der Waals surface area contributed by atoms with Gasteiger partial charge < -0.3 is 4.74 Å². The second-order valence-corrected chi connectivity index (χ2v) is 5.86. The molecule has 0 bridgehead atoms. The van der Waals surface area contributed by atoms with Gasteiger partial charge in [0.1, 0.15) is 17.4 Å². The van der Waals surface area contributed by atoms with E-state index in [1.54, 1.807) is 25.3 Å². The molecule has 0 aliphatic carbocycles. The zero-order valence-electron chi connectivity index (χ0n) is 12.5. The number of nitrogens with zero attached hydrogens (tertiary/aromatic N) is 2. The van der Waals surface area contributed by atoms with Gasteiger partial charge in [-0.05, 0) is 46.4 Å². The first-order valence-electron chi connectivity index (χ1n) is 6.70. The Morgan fingerprint density at radius 2 is 2.08 bits per heavy atom. The Morgan fingerprint density at radius 1 is 1.33 bits per heavy atom. The predicted octanol–water partition coefficient (Wildman–Crippen LogP) is 4.00. The third-order valence-electron chi connectivity index (χ3n) is 3.17. The van der Waals surface area contributed by atoms with Crippen molar-refractivity contribution in [1.29, 1.82) is 5.26 Å². The number of hydrogen-bond acceptors (Lipinski definition) is 5. The van der Waals surface area contributed by atoms with E-state index in [0.717, 1.165) is 9.64 Å². The maximum absolute atomic E-state index is 12.4. The molecule has 2 aromatic carbocycles. The lowest BCUT2D eigenvalue weighted by molar-refractivity contribution is -0.384. The summed E-state index contributed by atoms with van der Waals surface area (Å²) in [6.45, 7) is 0. The van der Waals surface area contributed by atoms with E-state index in [9.17, 15) is 20.2 Å². The molecule has 0 fully saturated rings. The van der Waals surface area contributed by atoms with E-state index in [-0.39, 0.29) is 16.8 Å². The van der Waals surface area contributed by atoms with Crippen LogP contribution >= 0.6 is 22.6 Å². The maximum atomic E-state index is 12.4. The largest absolute Gasteiger partial charge is 0.496 e. The van der Waals surface area contributed by atoms with E-state index < -0.39 is 10.7 Å². The number of ether oxygens (including phenoxy) is 1. The molecular weight excluding hydrogens is 423 g/mol. The normalized spacial score (nSPS) is 10.8. The van der Waals surface area contributed by atoms with Crippen LogP contribution in [0, 0.1) is 25.0 Å². The Kier molecular flexibility index (Phi) is 5.65. The molecule has 0 amide bonds. The van der Waals surface area contributed by atoms with Gasteiger partial charge >= 0.3 is 0 Å². The van der Waals surface area contributed by atoms with Crippen LogP contribution < -0.4 is 4.74 Å². The highest BCUT2D eigenvalue weighted by Gasteiger charge is 2.16. The second kappa shape index (κ2) is 7.70. The van der Waals surface area contributed by atoms with Crippen molar-refractivity contribution in [3.63, 3.8) is 0 Å². The Balaban J connectivity index is 2.39. The van der Waals surface area contributed by atoms with Crippen LogP contribution in [0.3, 0.4) is 0 Å². The van der Waals surface area contributed by atoms with Crippen LogP contribution in [0.1, 0.15) is 15.9 Å². The minimum absolute atomic E-state index is 0.0974. The molecule has 24 heavy (non-hydrogen) atoms. The van der Waals surface area contributed by atoms with Gasteiger partial charge in [-0.2, -0.15) is 5.26 Å². The number of carbonyl (C=O) groups excluding carboxylic acids is 1. The molecule has 0 unspecified atom stereocenters. The molecule has 0 aliphatic rings. The summed E-state index contributed by atoms with van der Waals surface area (Å²) in [4.78, 5) is 22.6. The summed E-state index contributed by atoms with van der Waals surface area (Å²) in [5.41, 5.74) is 0.462. The van der Waals surface area contributed by atoms with Gasteiger partial charge in [-0.25, -0.2) is 0 Å². The highest BCUT2D eigenvalue weighted by molar-refractivity contribution is 14.1. The average Bonchev–Trinajstić information content (AvgIpc) is 2.59. The molecule has 0 aromatic heterocycles. The first kappa shape index (κ1) is 17.6. The third-order valence-corrected chi connectivity index (χ3v) is 4.01. The van der Waals surface area contributed by atoms with Crippen LogP contribution in [0.4, 0.5) is 5.69 Å². The molecule has 120 valence electrons. The number of Topliss-reactive ketones (excluding diaryl/α,β-unsaturated/α-hetero) is 1. The number of ketones is 1. The van der Waals surface area contributed by atoms with Crippen molar-refractivity contribution < 1.29 is 14.5 Å². The number of methoxy groups -OCH3 is 1. The Bertz CT molecular complexity index is 884. The van der Waals surface area contributed by atoms with Crippen molar-refractivity contribution in [2.75, 3.05) is 7.11 Å². The molecule has 2 aromatic rings. The first-order valence-corrected chi connectivity index (χ1v) is 7.78. The summed E-state index contributed by atoms with van der Waals surface area (Å²) < 4.78 is 6.00. The molecule has 0 N–H and O–H groups in total. The fourth-order valence-corrected chi connectivity index (χ4v) is 2.76. The number of benzene rings is 2. The number of halogens is 1. The number of rotatable bonds is 5. The molecule has 7 heteroatoms. The van der Waals surface area contributed by atoms with E-state index in [2.05, 4.69) is 22.6 Å². The van der Waals surface area contributed by atoms with Crippen LogP contribution in [-0.2, 0) is 0 Å². The number of nitro benzene ring substituents is 1. The first-order chi connectivity index (χ1) is 11.5. The molecule has 0 saturated heterocycles. The van der Waals surface area contributed by atoms with Crippen molar-refractivity contribution in [3.8, 4) is 11.8 Å². The maximum Gasteiger partial charge on any atom is 0.270 e. The van der Waals surface area contributed by atoms with Crippen LogP contribution in [0.2, 0.25) is 0 Å². The SMILES string of the molecule is COc1ccc(/C=C(\C#N)C(=O)c2cccc([N+](=O)[O-])c2)cc1I. The van der Waals surface area contributed by atoms with Gasteiger partial charge in [0, 0.05) is 17.7 Å². The van der Waals surface area contributed by atoms with Gasteiger partial charge in [0.2, 0.25) is 5.78 Å². The molecule has 0 radical (unpaired) electrons. The average molecular weight is 434 g/mol. The zero-order valence-corrected chi connectivity index (χ0v) is 14.7. The number of hydrogen-bond donors (Lipinski definition) is 0. The van der Waals surface area contributed by atoms with E-state index in [0.29, 0.717) is 11.3 Å². The van der Waals surface area contributed by atoms with Gasteiger partial charge in [-0.3, -0.25) is 14.9 Å². The number of nitro groups is 1. The Labute approximate surface area is 151 Å². The van der Waals surface area contributed by atoms with Gasteiger partial charge in [0.15, 0.2) is 0 Å². The lowest BCUT2D eigenvalue weighted by atomic mass is 10.0. The molecule has 0 atom stereocenters. The number of carbonyl (C=O) groups is 1. The summed E-state index contributed by atoms with van der Waals surface area (Å²) in [5, 5.41) is 20.1. The highest BCUT2D eigenvalue weighted by atomic mass is 127. The molecule has 0 saturated carbocycles. The highest BCUT2D eigenvalue weighted by Crippen LogP contribution is 2.23. The molecule has 0 aliphatic heterocycles. The number of non-ortho nitro benzene ring substituents is 1. The van der Waals surface area contributed by atoms with E-state index in [1.165, 1.54) is 24.3 Å². The number of allylic oxidation sites excluding steroid dienone is 1. The van der Waals surface area contributed by atoms with Crippen LogP contribution in [0.15, 0.2) is 48.0 Å². The van der Waals surface area contributed by atoms with Crippen molar-refractivity contribution in [2.45, 2.75) is 0 Å². The molecule has 2 rings (SSSR count). The van der Waals surface area contributed by atoms with Gasteiger partial charge in [0.25, 0.3) is 5.69 Å². The summed E-state index contributed by atoms with van der Waals surface area (Å²) in [7, 11) is 1.56. The monoisotopic (exact) mass is 434 g/mol. The van der Waals surface area contributed by atoms with Crippen molar-refractivity contribution in [3.05, 3.63) is 72.8 Å². The lowest BCUT2D eigenvalue weighted by Gasteiger charge is -2.04. The molecular formula is C17H11IN2O4. The fraction of sp³-hybridized carbons (Fsp3) is 0.0588. The van der Waals surface area contributed by atoms with Crippen molar-refractivity contribution in [1.82, 2.24) is 0 Å². The van der Waals surface area contributed by atoms with E-state index >= 15 is 0 Å². The second-order valence-electron chi connectivity index (χ2n) is 4.70. The van der Waals surface area contributed by atoms with Gasteiger partial charge in [-0.15, -0.1) is 0 Å². The molecule has 6 nitrogen and oxygen atoms in total. The minimum atomic E-state index is -0.585.